The molecule has 1 unspecified atom stereocenters. The van der Waals surface area contributed by atoms with Crippen LogP contribution in [0.15, 0.2) is 11.2 Å². The van der Waals surface area contributed by atoms with E-state index in [0.717, 1.165) is 6.92 Å². The van der Waals surface area contributed by atoms with Crippen LogP contribution in [-0.2, 0) is 14.3 Å². The Balaban J connectivity index is 3.05. The third-order valence-electron chi connectivity index (χ3n) is 2.52. The molecule has 1 aliphatic rings. The predicted molar refractivity (Wildman–Crippen MR) is 54.0 cm³/mol. The van der Waals surface area contributed by atoms with Crippen LogP contribution in [0.5, 0.6) is 0 Å². The number of carbonyl (C=O) groups excluding carboxylic acids is 1. The van der Waals surface area contributed by atoms with E-state index in [1.54, 1.807) is 0 Å². The number of halogens is 3. The molecule has 0 aliphatic carbocycles. The highest BCUT2D eigenvalue weighted by Crippen LogP contribution is 2.45. The van der Waals surface area contributed by atoms with E-state index in [-0.39, 0.29) is 6.61 Å². The molecule has 5 nitrogen and oxygen atoms in total. The monoisotopic (exact) mass is 268 g/mol. The molecule has 0 saturated carbocycles. The summed E-state index contributed by atoms with van der Waals surface area (Å²) < 4.78 is 47.3. The highest BCUT2D eigenvalue weighted by Gasteiger charge is 2.59. The Bertz CT molecular complexity index is 379. The van der Waals surface area contributed by atoms with E-state index in [1.807, 2.05) is 0 Å². The van der Waals surface area contributed by atoms with Gasteiger partial charge in [0, 0.05) is 11.9 Å². The molecule has 2 N–H and O–H groups in total. The summed E-state index contributed by atoms with van der Waals surface area (Å²) in [6.07, 6.45) is -5.58. The Kier molecular flexibility index (Phi) is 3.97. The largest absolute Gasteiger partial charge is 0.488 e. The van der Waals surface area contributed by atoms with E-state index < -0.39 is 42.5 Å². The Morgan fingerprint density at radius 1 is 1.56 bits per heavy atom. The number of alkyl halides is 3. The summed E-state index contributed by atoms with van der Waals surface area (Å²) in [5.41, 5.74) is -3.19. The zero-order valence-electron chi connectivity index (χ0n) is 9.74. The molecule has 1 atom stereocenters. The minimum absolute atomic E-state index is 0.0662. The Labute approximate surface area is 101 Å². The zero-order chi connectivity index (χ0) is 14.1. The molecule has 1 aliphatic heterocycles. The van der Waals surface area contributed by atoms with Crippen molar-refractivity contribution in [2.24, 2.45) is 0 Å². The fourth-order valence-corrected chi connectivity index (χ4v) is 1.51. The topological polar surface area (TPSA) is 76.0 Å². The molecule has 0 fully saturated rings. The molecular weight excluding hydrogens is 256 g/mol. The number of hydrogen-bond acceptors (Lipinski definition) is 5. The summed E-state index contributed by atoms with van der Waals surface area (Å²) in [6, 6.07) is 0. The molecule has 1 heterocycles. The maximum Gasteiger partial charge on any atom is 0.488 e. The van der Waals surface area contributed by atoms with Crippen LogP contribution in [0.4, 0.5) is 13.2 Å². The molecule has 9 heteroatoms. The molecule has 0 radical (unpaired) electrons. The lowest BCUT2D eigenvalue weighted by molar-refractivity contribution is -0.251. The number of rotatable bonds is 3. The average Bonchev–Trinajstić information content (AvgIpc) is 2.57. The van der Waals surface area contributed by atoms with Crippen LogP contribution < -0.4 is 0 Å². The summed E-state index contributed by atoms with van der Waals surface area (Å²) in [6.45, 7) is 2.12. The van der Waals surface area contributed by atoms with Crippen LogP contribution in [0.1, 0.15) is 20.3 Å². The first kappa shape index (κ1) is 14.8. The van der Waals surface area contributed by atoms with Gasteiger partial charge >= 0.3 is 19.3 Å². The van der Waals surface area contributed by atoms with Gasteiger partial charge in [0.15, 0.2) is 0 Å². The van der Waals surface area contributed by atoms with Gasteiger partial charge in [-0.25, -0.2) is 4.79 Å². The number of esters is 1. The Morgan fingerprint density at radius 2 is 2.11 bits per heavy atom. The van der Waals surface area contributed by atoms with Gasteiger partial charge in [0.05, 0.1) is 6.61 Å². The van der Waals surface area contributed by atoms with Crippen molar-refractivity contribution in [3.63, 3.8) is 0 Å². The SMILES string of the molecule is CCOC(=O)C1=C(B(O)O)CC(C)(C(F)(F)F)O1. The molecule has 0 aromatic carbocycles. The zero-order valence-corrected chi connectivity index (χ0v) is 9.74. The maximum atomic E-state index is 12.7. The van der Waals surface area contributed by atoms with Gasteiger partial charge in [0.25, 0.3) is 0 Å². The third kappa shape index (κ3) is 2.61. The molecule has 102 valence electrons. The van der Waals surface area contributed by atoms with Crippen molar-refractivity contribution in [3.05, 3.63) is 11.2 Å². The van der Waals surface area contributed by atoms with Crippen LogP contribution >= 0.6 is 0 Å². The molecule has 18 heavy (non-hydrogen) atoms. The Hall–Kier alpha value is -1.22. The highest BCUT2D eigenvalue weighted by molar-refractivity contribution is 6.51. The van der Waals surface area contributed by atoms with Crippen molar-refractivity contribution in [2.45, 2.75) is 32.0 Å². The molecular formula is C9H12BF3O5. The summed E-state index contributed by atoms with van der Waals surface area (Å²) in [5.74, 6) is -1.93. The summed E-state index contributed by atoms with van der Waals surface area (Å²) in [5, 5.41) is 18.0. The van der Waals surface area contributed by atoms with Gasteiger partial charge < -0.3 is 19.5 Å². The normalized spacial score (nSPS) is 23.9. The third-order valence-corrected chi connectivity index (χ3v) is 2.52. The average molecular weight is 268 g/mol. The van der Waals surface area contributed by atoms with Crippen LogP contribution in [0.2, 0.25) is 0 Å². The first-order valence-electron chi connectivity index (χ1n) is 5.14. The second kappa shape index (κ2) is 4.81. The number of hydrogen-bond donors (Lipinski definition) is 2. The first-order valence-corrected chi connectivity index (χ1v) is 5.14. The number of carbonyl (C=O) groups is 1. The van der Waals surface area contributed by atoms with Gasteiger partial charge in [0.1, 0.15) is 0 Å². The van der Waals surface area contributed by atoms with Crippen LogP contribution in [-0.4, -0.2) is 41.5 Å². The van der Waals surface area contributed by atoms with E-state index in [2.05, 4.69) is 9.47 Å². The molecule has 0 saturated heterocycles. The molecule has 0 bridgehead atoms. The molecule has 0 aromatic rings. The molecule has 0 amide bonds. The second-order valence-corrected chi connectivity index (χ2v) is 3.96. The van der Waals surface area contributed by atoms with Gasteiger partial charge in [-0.05, 0) is 13.8 Å². The van der Waals surface area contributed by atoms with Crippen LogP contribution in [0.3, 0.4) is 0 Å². The summed E-state index contributed by atoms with van der Waals surface area (Å²) in [4.78, 5) is 11.4. The van der Waals surface area contributed by atoms with Crippen LogP contribution in [0, 0.1) is 0 Å². The predicted octanol–water partition coefficient (Wildman–Crippen LogP) is 0.557. The van der Waals surface area contributed by atoms with Crippen molar-refractivity contribution in [3.8, 4) is 0 Å². The highest BCUT2D eigenvalue weighted by atomic mass is 19.4. The lowest BCUT2D eigenvalue weighted by Crippen LogP contribution is -2.42. The van der Waals surface area contributed by atoms with Crippen molar-refractivity contribution in [1.82, 2.24) is 0 Å². The first-order chi connectivity index (χ1) is 8.12. The summed E-state index contributed by atoms with van der Waals surface area (Å²) in [7, 11) is -2.20. The van der Waals surface area contributed by atoms with E-state index >= 15 is 0 Å². The van der Waals surface area contributed by atoms with Gasteiger partial charge in [0.2, 0.25) is 11.4 Å². The minimum Gasteiger partial charge on any atom is -0.471 e. The van der Waals surface area contributed by atoms with E-state index in [1.165, 1.54) is 6.92 Å². The summed E-state index contributed by atoms with van der Waals surface area (Å²) >= 11 is 0. The lowest BCUT2D eigenvalue weighted by atomic mass is 9.74. The van der Waals surface area contributed by atoms with Crippen molar-refractivity contribution < 1.29 is 37.5 Å². The second-order valence-electron chi connectivity index (χ2n) is 3.96. The molecule has 0 aromatic heterocycles. The standard InChI is InChI=1S/C9H12BF3O5/c1-3-17-7(14)6-5(10(15)16)4-8(2,18-6)9(11,12)13/h15-16H,3-4H2,1-2H3. The van der Waals surface area contributed by atoms with Crippen molar-refractivity contribution in [1.29, 1.82) is 0 Å². The smallest absolute Gasteiger partial charge is 0.471 e. The minimum atomic E-state index is -4.75. The van der Waals surface area contributed by atoms with Gasteiger partial charge in [-0.2, -0.15) is 13.2 Å². The quantitative estimate of drug-likeness (QED) is 0.577. The van der Waals surface area contributed by atoms with Crippen molar-refractivity contribution >= 4 is 13.1 Å². The van der Waals surface area contributed by atoms with Gasteiger partial charge in [-0.15, -0.1) is 0 Å². The lowest BCUT2D eigenvalue weighted by Gasteiger charge is -2.27. The van der Waals surface area contributed by atoms with E-state index in [4.69, 9.17) is 10.0 Å². The van der Waals surface area contributed by atoms with Gasteiger partial charge in [-0.3, -0.25) is 0 Å². The Morgan fingerprint density at radius 3 is 2.50 bits per heavy atom. The van der Waals surface area contributed by atoms with E-state index in [9.17, 15) is 18.0 Å². The van der Waals surface area contributed by atoms with E-state index in [0.29, 0.717) is 0 Å². The van der Waals surface area contributed by atoms with Crippen LogP contribution in [0.25, 0.3) is 0 Å². The fourth-order valence-electron chi connectivity index (χ4n) is 1.51. The van der Waals surface area contributed by atoms with Crippen molar-refractivity contribution in [2.75, 3.05) is 6.61 Å². The number of ether oxygens (including phenoxy) is 2. The maximum absolute atomic E-state index is 12.7. The molecule has 0 spiro atoms. The molecule has 1 rings (SSSR count). The van der Waals surface area contributed by atoms with Gasteiger partial charge in [-0.1, -0.05) is 0 Å². The fraction of sp³-hybridized carbons (Fsp3) is 0.667.